The highest BCUT2D eigenvalue weighted by Crippen LogP contribution is 2.35. The van der Waals surface area contributed by atoms with Crippen molar-refractivity contribution < 1.29 is 9.84 Å². The number of benzene rings is 1. The highest BCUT2D eigenvalue weighted by atomic mass is 35.5. The molecule has 0 radical (unpaired) electrons. The summed E-state index contributed by atoms with van der Waals surface area (Å²) >= 11 is 5.96. The molecular weight excluding hydrogens is 261 g/mol. The molecule has 0 saturated carbocycles. The molecule has 0 bridgehead atoms. The number of hydrogen-bond donors (Lipinski definition) is 2. The van der Waals surface area contributed by atoms with Crippen LogP contribution in [0.2, 0.25) is 5.02 Å². The van der Waals surface area contributed by atoms with Crippen molar-refractivity contribution >= 4 is 24.0 Å². The molecule has 1 aromatic carbocycles. The predicted octanol–water partition coefficient (Wildman–Crippen LogP) is 2.34. The van der Waals surface area contributed by atoms with Gasteiger partial charge in [-0.3, -0.25) is 0 Å². The lowest BCUT2D eigenvalue weighted by atomic mass is 9.85. The molecule has 17 heavy (non-hydrogen) atoms. The highest BCUT2D eigenvalue weighted by Gasteiger charge is 2.31. The Morgan fingerprint density at radius 1 is 1.35 bits per heavy atom. The number of ether oxygens (including phenoxy) is 1. The van der Waals surface area contributed by atoms with Gasteiger partial charge in [-0.15, -0.1) is 12.4 Å². The van der Waals surface area contributed by atoms with Gasteiger partial charge in [-0.1, -0.05) is 17.7 Å². The van der Waals surface area contributed by atoms with Crippen LogP contribution in [0.3, 0.4) is 0 Å². The van der Waals surface area contributed by atoms with Gasteiger partial charge in [0.1, 0.15) is 5.75 Å². The molecule has 1 saturated heterocycles. The number of nitrogens with one attached hydrogen (secondary N) is 1. The van der Waals surface area contributed by atoms with E-state index in [9.17, 15) is 5.11 Å². The van der Waals surface area contributed by atoms with E-state index < -0.39 is 5.60 Å². The SMILES string of the molecule is COc1cc(C2(O)CCNCC2)ccc1Cl.Cl. The van der Waals surface area contributed by atoms with Crippen molar-refractivity contribution in [3.05, 3.63) is 28.8 Å². The molecule has 2 N–H and O–H groups in total. The van der Waals surface area contributed by atoms with Crippen molar-refractivity contribution in [2.24, 2.45) is 0 Å². The summed E-state index contributed by atoms with van der Waals surface area (Å²) in [6.07, 6.45) is 1.44. The van der Waals surface area contributed by atoms with Crippen LogP contribution in [0.25, 0.3) is 0 Å². The summed E-state index contributed by atoms with van der Waals surface area (Å²) in [5.41, 5.74) is 0.138. The molecule has 96 valence electrons. The number of aliphatic hydroxyl groups is 1. The normalized spacial score (nSPS) is 18.3. The van der Waals surface area contributed by atoms with E-state index in [2.05, 4.69) is 5.32 Å². The Morgan fingerprint density at radius 2 is 2.00 bits per heavy atom. The first-order valence-electron chi connectivity index (χ1n) is 5.43. The van der Waals surface area contributed by atoms with Crippen molar-refractivity contribution in [2.45, 2.75) is 18.4 Å². The van der Waals surface area contributed by atoms with Gasteiger partial charge in [-0.05, 0) is 43.6 Å². The summed E-state index contributed by atoms with van der Waals surface area (Å²) in [4.78, 5) is 0. The van der Waals surface area contributed by atoms with Gasteiger partial charge in [0, 0.05) is 0 Å². The van der Waals surface area contributed by atoms with Crippen LogP contribution in [-0.2, 0) is 5.60 Å². The van der Waals surface area contributed by atoms with Crippen molar-refractivity contribution in [1.29, 1.82) is 0 Å². The molecule has 1 aliphatic rings. The third-order valence-corrected chi connectivity index (χ3v) is 3.43. The minimum Gasteiger partial charge on any atom is -0.495 e. The third kappa shape index (κ3) is 3.05. The summed E-state index contributed by atoms with van der Waals surface area (Å²) < 4.78 is 5.16. The van der Waals surface area contributed by atoms with Gasteiger partial charge < -0.3 is 15.2 Å². The van der Waals surface area contributed by atoms with Crippen LogP contribution < -0.4 is 10.1 Å². The van der Waals surface area contributed by atoms with E-state index in [0.717, 1.165) is 31.5 Å². The molecule has 0 aromatic heterocycles. The smallest absolute Gasteiger partial charge is 0.137 e. The van der Waals surface area contributed by atoms with E-state index in [1.165, 1.54) is 0 Å². The molecule has 0 spiro atoms. The van der Waals surface area contributed by atoms with Crippen LogP contribution in [0.5, 0.6) is 5.75 Å². The number of hydrogen-bond acceptors (Lipinski definition) is 3. The average Bonchev–Trinajstić information content (AvgIpc) is 2.30. The molecule has 0 amide bonds. The predicted molar refractivity (Wildman–Crippen MR) is 71.3 cm³/mol. The van der Waals surface area contributed by atoms with Crippen LogP contribution >= 0.6 is 24.0 Å². The van der Waals surface area contributed by atoms with Gasteiger partial charge in [0.25, 0.3) is 0 Å². The molecule has 5 heteroatoms. The molecule has 1 heterocycles. The molecule has 1 fully saturated rings. The van der Waals surface area contributed by atoms with E-state index >= 15 is 0 Å². The van der Waals surface area contributed by atoms with Crippen molar-refractivity contribution in [3.8, 4) is 5.75 Å². The second kappa shape index (κ2) is 5.91. The van der Waals surface area contributed by atoms with Gasteiger partial charge in [0.15, 0.2) is 0 Å². The van der Waals surface area contributed by atoms with E-state index in [0.29, 0.717) is 10.8 Å². The van der Waals surface area contributed by atoms with Gasteiger partial charge in [0.05, 0.1) is 17.7 Å². The quantitative estimate of drug-likeness (QED) is 0.872. The van der Waals surface area contributed by atoms with Crippen LogP contribution in [0, 0.1) is 0 Å². The van der Waals surface area contributed by atoms with Crippen LogP contribution in [-0.4, -0.2) is 25.3 Å². The molecule has 0 aliphatic carbocycles. The lowest BCUT2D eigenvalue weighted by molar-refractivity contribution is 0.00577. The molecule has 3 nitrogen and oxygen atoms in total. The summed E-state index contributed by atoms with van der Waals surface area (Å²) in [7, 11) is 1.58. The first-order chi connectivity index (χ1) is 7.65. The van der Waals surface area contributed by atoms with Gasteiger partial charge in [-0.2, -0.15) is 0 Å². The Morgan fingerprint density at radius 3 is 2.59 bits per heavy atom. The summed E-state index contributed by atoms with van der Waals surface area (Å²) in [6.45, 7) is 1.67. The molecule has 1 aliphatic heterocycles. The second-order valence-corrected chi connectivity index (χ2v) is 4.54. The number of piperidine rings is 1. The minimum atomic E-state index is -0.747. The molecule has 2 rings (SSSR count). The Labute approximate surface area is 113 Å². The Bertz CT molecular complexity index is 379. The zero-order valence-corrected chi connectivity index (χ0v) is 11.3. The van der Waals surface area contributed by atoms with Gasteiger partial charge in [0.2, 0.25) is 0 Å². The summed E-state index contributed by atoms with van der Waals surface area (Å²) in [5, 5.41) is 14.3. The largest absolute Gasteiger partial charge is 0.495 e. The lowest BCUT2D eigenvalue weighted by Gasteiger charge is -2.33. The first kappa shape index (κ1) is 14.6. The first-order valence-corrected chi connectivity index (χ1v) is 5.81. The molecule has 1 aromatic rings. The minimum absolute atomic E-state index is 0. The van der Waals surface area contributed by atoms with Gasteiger partial charge in [-0.25, -0.2) is 0 Å². The average molecular weight is 278 g/mol. The summed E-state index contributed by atoms with van der Waals surface area (Å²) in [5.74, 6) is 0.617. The fourth-order valence-electron chi connectivity index (χ4n) is 2.08. The fourth-order valence-corrected chi connectivity index (χ4v) is 2.27. The molecule has 0 unspecified atom stereocenters. The number of halogens is 2. The van der Waals surface area contributed by atoms with Crippen molar-refractivity contribution in [1.82, 2.24) is 5.32 Å². The second-order valence-electron chi connectivity index (χ2n) is 4.13. The Kier molecular flexibility index (Phi) is 5.07. The maximum atomic E-state index is 10.5. The standard InChI is InChI=1S/C12H16ClNO2.ClH/c1-16-11-8-9(2-3-10(11)13)12(15)4-6-14-7-5-12;/h2-3,8,14-15H,4-7H2,1H3;1H. The zero-order valence-electron chi connectivity index (χ0n) is 9.70. The van der Waals surface area contributed by atoms with Crippen molar-refractivity contribution in [2.75, 3.05) is 20.2 Å². The highest BCUT2D eigenvalue weighted by molar-refractivity contribution is 6.32. The monoisotopic (exact) mass is 277 g/mol. The topological polar surface area (TPSA) is 41.5 Å². The Hall–Kier alpha value is -0.480. The van der Waals surface area contributed by atoms with Crippen molar-refractivity contribution in [3.63, 3.8) is 0 Å². The molecule has 0 atom stereocenters. The van der Waals surface area contributed by atoms with Crippen LogP contribution in [0.1, 0.15) is 18.4 Å². The number of methoxy groups -OCH3 is 1. The van der Waals surface area contributed by atoms with Crippen LogP contribution in [0.4, 0.5) is 0 Å². The Balaban J connectivity index is 0.00000144. The molecular formula is C12H17Cl2NO2. The zero-order chi connectivity index (χ0) is 11.6. The fraction of sp³-hybridized carbons (Fsp3) is 0.500. The maximum Gasteiger partial charge on any atom is 0.137 e. The third-order valence-electron chi connectivity index (χ3n) is 3.12. The van der Waals surface area contributed by atoms with Crippen LogP contribution in [0.15, 0.2) is 18.2 Å². The van der Waals surface area contributed by atoms with E-state index in [4.69, 9.17) is 16.3 Å². The van der Waals surface area contributed by atoms with E-state index in [1.807, 2.05) is 12.1 Å². The summed E-state index contributed by atoms with van der Waals surface area (Å²) in [6, 6.07) is 5.47. The van der Waals surface area contributed by atoms with E-state index in [-0.39, 0.29) is 12.4 Å². The lowest BCUT2D eigenvalue weighted by Crippen LogP contribution is -2.39. The van der Waals surface area contributed by atoms with E-state index in [1.54, 1.807) is 13.2 Å². The maximum absolute atomic E-state index is 10.5. The van der Waals surface area contributed by atoms with Gasteiger partial charge >= 0.3 is 0 Å². The number of rotatable bonds is 2.